The molecule has 2 aromatic rings. The van der Waals surface area contributed by atoms with Crippen molar-refractivity contribution in [2.45, 2.75) is 12.5 Å². The lowest BCUT2D eigenvalue weighted by molar-refractivity contribution is -0.122. The number of aromatic nitrogens is 1. The average Bonchev–Trinajstić information content (AvgIpc) is 2.60. The van der Waals surface area contributed by atoms with E-state index in [9.17, 15) is 14.4 Å². The van der Waals surface area contributed by atoms with Gasteiger partial charge in [-0.2, -0.15) is 0 Å². The SMILES string of the molecule is NC(=O)NC(CC(=O)NNC(=O)c1ccccn1)c1ccc(Br)cc1. The molecule has 130 valence electrons. The molecule has 0 aliphatic heterocycles. The number of primary amides is 1. The Morgan fingerprint density at radius 2 is 1.80 bits per heavy atom. The highest BCUT2D eigenvalue weighted by atomic mass is 79.9. The van der Waals surface area contributed by atoms with E-state index in [-0.39, 0.29) is 12.1 Å². The van der Waals surface area contributed by atoms with Gasteiger partial charge in [0.25, 0.3) is 5.91 Å². The van der Waals surface area contributed by atoms with Crippen LogP contribution >= 0.6 is 15.9 Å². The zero-order valence-electron chi connectivity index (χ0n) is 13.0. The molecule has 1 atom stereocenters. The third-order valence-electron chi connectivity index (χ3n) is 3.19. The van der Waals surface area contributed by atoms with E-state index in [1.165, 1.54) is 12.3 Å². The summed E-state index contributed by atoms with van der Waals surface area (Å²) in [6.45, 7) is 0. The third kappa shape index (κ3) is 5.88. The standard InChI is InChI=1S/C16H16BrN5O3/c17-11-6-4-10(5-7-11)13(20-16(18)25)9-14(23)21-22-15(24)12-3-1-2-8-19-12/h1-8,13H,9H2,(H,21,23)(H,22,24)(H3,18,20,25). The minimum absolute atomic E-state index is 0.104. The fourth-order valence-corrected chi connectivity index (χ4v) is 2.31. The highest BCUT2D eigenvalue weighted by Gasteiger charge is 2.18. The Morgan fingerprint density at radius 3 is 2.40 bits per heavy atom. The van der Waals surface area contributed by atoms with Crippen molar-refractivity contribution in [3.05, 3.63) is 64.4 Å². The lowest BCUT2D eigenvalue weighted by Crippen LogP contribution is -2.44. The number of rotatable bonds is 5. The number of carbonyl (C=O) groups excluding carboxylic acids is 3. The van der Waals surface area contributed by atoms with E-state index in [0.29, 0.717) is 5.56 Å². The number of nitrogens with one attached hydrogen (secondary N) is 3. The summed E-state index contributed by atoms with van der Waals surface area (Å²) in [7, 11) is 0. The van der Waals surface area contributed by atoms with Gasteiger partial charge in [-0.05, 0) is 29.8 Å². The number of carbonyl (C=O) groups is 3. The summed E-state index contributed by atoms with van der Waals surface area (Å²) in [5, 5.41) is 2.50. The van der Waals surface area contributed by atoms with Gasteiger partial charge in [0, 0.05) is 10.7 Å². The van der Waals surface area contributed by atoms with Crippen LogP contribution in [0.5, 0.6) is 0 Å². The van der Waals surface area contributed by atoms with Gasteiger partial charge in [-0.1, -0.05) is 34.1 Å². The largest absolute Gasteiger partial charge is 0.352 e. The van der Waals surface area contributed by atoms with Crippen LogP contribution in [0, 0.1) is 0 Å². The van der Waals surface area contributed by atoms with E-state index in [4.69, 9.17) is 5.73 Å². The molecule has 0 spiro atoms. The predicted octanol–water partition coefficient (Wildman–Crippen LogP) is 1.40. The van der Waals surface area contributed by atoms with Crippen molar-refractivity contribution in [2.75, 3.05) is 0 Å². The smallest absolute Gasteiger partial charge is 0.312 e. The number of hydrogen-bond donors (Lipinski definition) is 4. The monoisotopic (exact) mass is 405 g/mol. The van der Waals surface area contributed by atoms with Gasteiger partial charge in [0.2, 0.25) is 5.91 Å². The quantitative estimate of drug-likeness (QED) is 0.560. The first-order valence-electron chi connectivity index (χ1n) is 7.27. The summed E-state index contributed by atoms with van der Waals surface area (Å²) < 4.78 is 0.862. The summed E-state index contributed by atoms with van der Waals surface area (Å²) in [4.78, 5) is 38.9. The first-order valence-corrected chi connectivity index (χ1v) is 8.06. The number of urea groups is 1. The fourth-order valence-electron chi connectivity index (χ4n) is 2.04. The minimum atomic E-state index is -0.752. The zero-order valence-corrected chi connectivity index (χ0v) is 14.6. The first-order chi connectivity index (χ1) is 12.0. The maximum absolute atomic E-state index is 12.1. The molecule has 0 saturated carbocycles. The van der Waals surface area contributed by atoms with E-state index in [1.54, 1.807) is 36.4 Å². The van der Waals surface area contributed by atoms with Crippen molar-refractivity contribution in [3.8, 4) is 0 Å². The van der Waals surface area contributed by atoms with Gasteiger partial charge in [0.15, 0.2) is 0 Å². The van der Waals surface area contributed by atoms with Crippen LogP contribution in [0.25, 0.3) is 0 Å². The average molecular weight is 406 g/mol. The highest BCUT2D eigenvalue weighted by Crippen LogP contribution is 2.19. The number of benzene rings is 1. The second kappa shape index (κ2) is 8.78. The van der Waals surface area contributed by atoms with Gasteiger partial charge < -0.3 is 11.1 Å². The first kappa shape index (κ1) is 18.4. The van der Waals surface area contributed by atoms with Crippen molar-refractivity contribution in [1.82, 2.24) is 21.2 Å². The van der Waals surface area contributed by atoms with Gasteiger partial charge in [0.1, 0.15) is 5.69 Å². The highest BCUT2D eigenvalue weighted by molar-refractivity contribution is 9.10. The van der Waals surface area contributed by atoms with Gasteiger partial charge >= 0.3 is 6.03 Å². The minimum Gasteiger partial charge on any atom is -0.352 e. The Labute approximate surface area is 152 Å². The van der Waals surface area contributed by atoms with Gasteiger partial charge in [-0.3, -0.25) is 25.4 Å². The lowest BCUT2D eigenvalue weighted by atomic mass is 10.0. The molecule has 1 aromatic carbocycles. The van der Waals surface area contributed by atoms with E-state index >= 15 is 0 Å². The predicted molar refractivity (Wildman–Crippen MR) is 94.1 cm³/mol. The maximum atomic E-state index is 12.1. The number of nitrogens with two attached hydrogens (primary N) is 1. The number of hydrogen-bond acceptors (Lipinski definition) is 4. The normalized spacial score (nSPS) is 11.2. The van der Waals surface area contributed by atoms with Crippen LogP contribution in [0.15, 0.2) is 53.1 Å². The van der Waals surface area contributed by atoms with Crippen LogP contribution in [0.2, 0.25) is 0 Å². The molecular formula is C16H16BrN5O3. The summed E-state index contributed by atoms with van der Waals surface area (Å²) in [5.41, 5.74) is 10.6. The lowest BCUT2D eigenvalue weighted by Gasteiger charge is -2.18. The van der Waals surface area contributed by atoms with Gasteiger partial charge in [0.05, 0.1) is 12.5 Å². The Balaban J connectivity index is 1.96. The zero-order chi connectivity index (χ0) is 18.2. The maximum Gasteiger partial charge on any atom is 0.312 e. The Hall–Kier alpha value is -2.94. The Bertz CT molecular complexity index is 752. The van der Waals surface area contributed by atoms with Crippen molar-refractivity contribution >= 4 is 33.8 Å². The van der Waals surface area contributed by atoms with Crippen LogP contribution in [0.3, 0.4) is 0 Å². The number of halogens is 1. The van der Waals surface area contributed by atoms with Gasteiger partial charge in [-0.25, -0.2) is 4.79 Å². The van der Waals surface area contributed by atoms with Gasteiger partial charge in [-0.15, -0.1) is 0 Å². The number of hydrazine groups is 1. The van der Waals surface area contributed by atoms with Crippen LogP contribution < -0.4 is 21.9 Å². The van der Waals surface area contributed by atoms with Crippen molar-refractivity contribution in [2.24, 2.45) is 5.73 Å². The molecule has 2 rings (SSSR count). The van der Waals surface area contributed by atoms with Crippen molar-refractivity contribution < 1.29 is 14.4 Å². The van der Waals surface area contributed by atoms with Crippen LogP contribution in [0.4, 0.5) is 4.79 Å². The second-order valence-corrected chi connectivity index (χ2v) is 5.95. The van der Waals surface area contributed by atoms with Crippen LogP contribution in [-0.4, -0.2) is 22.8 Å². The summed E-state index contributed by atoms with van der Waals surface area (Å²) in [6.07, 6.45) is 1.37. The molecule has 0 aliphatic carbocycles. The molecule has 0 radical (unpaired) electrons. The summed E-state index contributed by atoms with van der Waals surface area (Å²) in [5.74, 6) is -1.04. The molecule has 1 unspecified atom stereocenters. The molecule has 25 heavy (non-hydrogen) atoms. The Kier molecular flexibility index (Phi) is 6.47. The summed E-state index contributed by atoms with van der Waals surface area (Å²) >= 11 is 3.31. The van der Waals surface area contributed by atoms with E-state index in [0.717, 1.165) is 4.47 Å². The molecule has 9 heteroatoms. The van der Waals surface area contributed by atoms with E-state index in [1.807, 2.05) is 0 Å². The third-order valence-corrected chi connectivity index (χ3v) is 3.72. The molecule has 0 bridgehead atoms. The molecule has 1 aromatic heterocycles. The molecule has 4 amide bonds. The van der Waals surface area contributed by atoms with E-state index < -0.39 is 23.9 Å². The van der Waals surface area contributed by atoms with Crippen molar-refractivity contribution in [1.29, 1.82) is 0 Å². The fraction of sp³-hybridized carbons (Fsp3) is 0.125. The van der Waals surface area contributed by atoms with Crippen LogP contribution in [0.1, 0.15) is 28.5 Å². The van der Waals surface area contributed by atoms with Crippen molar-refractivity contribution in [3.63, 3.8) is 0 Å². The molecule has 0 fully saturated rings. The molecular weight excluding hydrogens is 390 g/mol. The molecule has 1 heterocycles. The Morgan fingerprint density at radius 1 is 1.08 bits per heavy atom. The molecule has 0 aliphatic rings. The van der Waals surface area contributed by atoms with Crippen LogP contribution in [-0.2, 0) is 4.79 Å². The molecule has 0 saturated heterocycles. The second-order valence-electron chi connectivity index (χ2n) is 5.03. The number of nitrogens with zero attached hydrogens (tertiary/aromatic N) is 1. The topological polar surface area (TPSA) is 126 Å². The molecule has 5 N–H and O–H groups in total. The number of amides is 4. The summed E-state index contributed by atoms with van der Waals surface area (Å²) in [6, 6.07) is 10.5. The molecule has 8 nitrogen and oxygen atoms in total. The van der Waals surface area contributed by atoms with E-state index in [2.05, 4.69) is 37.1 Å². The number of pyridine rings is 1.